The fourth-order valence-corrected chi connectivity index (χ4v) is 3.63. The number of amides is 1. The van der Waals surface area contributed by atoms with Crippen molar-refractivity contribution in [2.75, 3.05) is 13.7 Å². The van der Waals surface area contributed by atoms with Crippen molar-refractivity contribution in [2.45, 2.75) is 32.4 Å². The highest BCUT2D eigenvalue weighted by atomic mass is 16.5. The average molecular weight is 375 g/mol. The number of ether oxygens (including phenoxy) is 1. The van der Waals surface area contributed by atoms with Gasteiger partial charge in [0.05, 0.1) is 5.69 Å². The Morgan fingerprint density at radius 2 is 1.68 bits per heavy atom. The van der Waals surface area contributed by atoms with Gasteiger partial charge in [0.25, 0.3) is 5.91 Å². The summed E-state index contributed by atoms with van der Waals surface area (Å²) in [4.78, 5) is 14.7. The number of nitrogens with one attached hydrogen (secondary N) is 1. The topological polar surface area (TPSA) is 58.2 Å². The van der Waals surface area contributed by atoms with E-state index in [2.05, 4.69) is 46.6 Å². The molecule has 0 radical (unpaired) electrons. The van der Waals surface area contributed by atoms with Crippen molar-refractivity contribution >= 4 is 5.91 Å². The average Bonchev–Trinajstić information content (AvgIpc) is 3.17. The van der Waals surface area contributed by atoms with Gasteiger partial charge >= 0.3 is 0 Å². The number of fused-ring (bicyclic) bond motifs is 1. The van der Waals surface area contributed by atoms with E-state index in [1.807, 2.05) is 36.9 Å². The maximum Gasteiger partial charge on any atom is 0.254 e. The number of hydrogen-bond donors (Lipinski definition) is 1. The zero-order chi connectivity index (χ0) is 19.7. The van der Waals surface area contributed by atoms with Crippen LogP contribution in [0.3, 0.4) is 0 Å². The molecule has 1 aliphatic heterocycles. The van der Waals surface area contributed by atoms with E-state index in [4.69, 9.17) is 4.74 Å². The Morgan fingerprint density at radius 1 is 1.04 bits per heavy atom. The number of aromatic nitrogens is 2. The number of hydrogen-bond acceptors (Lipinski definition) is 3. The van der Waals surface area contributed by atoms with Crippen molar-refractivity contribution in [2.24, 2.45) is 0 Å². The van der Waals surface area contributed by atoms with Crippen LogP contribution in [-0.4, -0.2) is 40.3 Å². The van der Waals surface area contributed by atoms with Crippen LogP contribution in [0.2, 0.25) is 0 Å². The van der Waals surface area contributed by atoms with Crippen LogP contribution >= 0.6 is 0 Å². The molecule has 0 saturated heterocycles. The molecule has 2 heterocycles. The molecule has 4 rings (SSSR count). The highest BCUT2D eigenvalue weighted by Crippen LogP contribution is 2.31. The molecule has 1 aliphatic rings. The summed E-state index contributed by atoms with van der Waals surface area (Å²) in [7, 11) is 1.57. The molecule has 5 nitrogen and oxygen atoms in total. The van der Waals surface area contributed by atoms with E-state index in [1.165, 1.54) is 11.1 Å². The summed E-state index contributed by atoms with van der Waals surface area (Å²) >= 11 is 0. The lowest BCUT2D eigenvalue weighted by Crippen LogP contribution is -2.48. The molecule has 0 bridgehead atoms. The molecule has 3 aromatic rings. The summed E-state index contributed by atoms with van der Waals surface area (Å²) in [5.41, 5.74) is 5.72. The van der Waals surface area contributed by atoms with E-state index in [-0.39, 0.29) is 5.91 Å². The Bertz CT molecular complexity index is 975. The molecule has 0 spiro atoms. The summed E-state index contributed by atoms with van der Waals surface area (Å²) < 4.78 is 5.38. The normalized spacial score (nSPS) is 14.0. The van der Waals surface area contributed by atoms with Crippen LogP contribution in [0, 0.1) is 0 Å². The molecule has 0 unspecified atom stereocenters. The van der Waals surface area contributed by atoms with Gasteiger partial charge in [-0.05, 0) is 25.0 Å². The molecule has 0 aliphatic carbocycles. The minimum absolute atomic E-state index is 0.00669. The molecule has 5 heteroatoms. The zero-order valence-electron chi connectivity index (χ0n) is 16.5. The van der Waals surface area contributed by atoms with Crippen LogP contribution in [-0.2, 0) is 22.5 Å². The molecular formula is C23H25N3O2. The first-order valence-electron chi connectivity index (χ1n) is 9.56. The van der Waals surface area contributed by atoms with E-state index < -0.39 is 5.60 Å². The molecule has 1 amide bonds. The maximum atomic E-state index is 12.8. The van der Waals surface area contributed by atoms with Gasteiger partial charge in [-0.3, -0.25) is 9.89 Å². The maximum absolute atomic E-state index is 12.8. The van der Waals surface area contributed by atoms with Gasteiger partial charge in [-0.2, -0.15) is 5.10 Å². The summed E-state index contributed by atoms with van der Waals surface area (Å²) in [5.74, 6) is 0.00669. The lowest BCUT2D eigenvalue weighted by atomic mass is 9.97. The molecule has 144 valence electrons. The van der Waals surface area contributed by atoms with Crippen LogP contribution in [0.5, 0.6) is 0 Å². The number of methoxy groups -OCH3 is 1. The Hall–Kier alpha value is -2.92. The third-order valence-electron chi connectivity index (χ3n) is 5.51. The summed E-state index contributed by atoms with van der Waals surface area (Å²) in [6, 6.07) is 18.7. The van der Waals surface area contributed by atoms with Crippen molar-refractivity contribution in [3.8, 4) is 22.4 Å². The number of H-pyrrole nitrogens is 1. The molecule has 0 saturated carbocycles. The highest BCUT2D eigenvalue weighted by Gasteiger charge is 2.34. The van der Waals surface area contributed by atoms with Gasteiger partial charge in [-0.15, -0.1) is 0 Å². The van der Waals surface area contributed by atoms with E-state index in [0.717, 1.165) is 28.9 Å². The Morgan fingerprint density at radius 3 is 2.36 bits per heavy atom. The van der Waals surface area contributed by atoms with Crippen LogP contribution < -0.4 is 0 Å². The SMILES string of the molecule is COC(C)(C)C(=O)N1CCc2[nH]nc(-c3ccc(-c4ccccc4)cc3)c2C1. The molecule has 1 N–H and O–H groups in total. The first-order valence-corrected chi connectivity index (χ1v) is 9.56. The predicted molar refractivity (Wildman–Crippen MR) is 110 cm³/mol. The number of carbonyl (C=O) groups excluding carboxylic acids is 1. The Labute approximate surface area is 165 Å². The van der Waals surface area contributed by atoms with Gasteiger partial charge in [0.15, 0.2) is 0 Å². The third-order valence-corrected chi connectivity index (χ3v) is 5.51. The second-order valence-corrected chi connectivity index (χ2v) is 7.66. The second kappa shape index (κ2) is 7.24. The van der Waals surface area contributed by atoms with Crippen LogP contribution in [0.25, 0.3) is 22.4 Å². The number of benzene rings is 2. The first kappa shape index (κ1) is 18.4. The Kier molecular flexibility index (Phi) is 4.77. The monoisotopic (exact) mass is 375 g/mol. The van der Waals surface area contributed by atoms with Gasteiger partial charge in [-0.25, -0.2) is 0 Å². The highest BCUT2D eigenvalue weighted by molar-refractivity contribution is 5.85. The molecule has 0 fully saturated rings. The van der Waals surface area contributed by atoms with Gasteiger partial charge < -0.3 is 9.64 Å². The summed E-state index contributed by atoms with van der Waals surface area (Å²) in [6.45, 7) is 4.84. The van der Waals surface area contributed by atoms with Crippen molar-refractivity contribution in [3.05, 3.63) is 65.9 Å². The fraction of sp³-hybridized carbons (Fsp3) is 0.304. The lowest BCUT2D eigenvalue weighted by Gasteiger charge is -2.33. The van der Waals surface area contributed by atoms with E-state index in [0.29, 0.717) is 13.1 Å². The first-order chi connectivity index (χ1) is 13.5. The molecule has 0 atom stereocenters. The van der Waals surface area contributed by atoms with E-state index >= 15 is 0 Å². The number of nitrogens with zero attached hydrogens (tertiary/aromatic N) is 2. The Balaban J connectivity index is 1.60. The van der Waals surface area contributed by atoms with E-state index in [1.54, 1.807) is 7.11 Å². The van der Waals surface area contributed by atoms with Crippen molar-refractivity contribution in [1.82, 2.24) is 15.1 Å². The minimum atomic E-state index is -0.821. The fourth-order valence-electron chi connectivity index (χ4n) is 3.63. The second-order valence-electron chi connectivity index (χ2n) is 7.66. The molecule has 28 heavy (non-hydrogen) atoms. The van der Waals surface area contributed by atoms with Crippen LogP contribution in [0.15, 0.2) is 54.6 Å². The van der Waals surface area contributed by atoms with Gasteiger partial charge in [0, 0.05) is 43.4 Å². The van der Waals surface area contributed by atoms with Gasteiger partial charge in [0.1, 0.15) is 5.60 Å². The quantitative estimate of drug-likeness (QED) is 0.748. The van der Waals surface area contributed by atoms with Crippen molar-refractivity contribution in [3.63, 3.8) is 0 Å². The smallest absolute Gasteiger partial charge is 0.254 e. The zero-order valence-corrected chi connectivity index (χ0v) is 16.5. The minimum Gasteiger partial charge on any atom is -0.369 e. The molecule has 2 aromatic carbocycles. The largest absolute Gasteiger partial charge is 0.369 e. The number of carbonyl (C=O) groups is 1. The standard InChI is InChI=1S/C23H25N3O2/c1-23(2,28-3)22(27)26-14-13-20-19(15-26)21(25-24-20)18-11-9-17(10-12-18)16-7-5-4-6-8-16/h4-12H,13-15H2,1-3H3,(H,24,25). The molecule has 1 aromatic heterocycles. The van der Waals surface area contributed by atoms with Crippen LogP contribution in [0.4, 0.5) is 0 Å². The van der Waals surface area contributed by atoms with Gasteiger partial charge in [0.2, 0.25) is 0 Å². The third kappa shape index (κ3) is 3.34. The van der Waals surface area contributed by atoms with Crippen molar-refractivity contribution in [1.29, 1.82) is 0 Å². The van der Waals surface area contributed by atoms with Crippen molar-refractivity contribution < 1.29 is 9.53 Å². The summed E-state index contributed by atoms with van der Waals surface area (Å²) in [6.07, 6.45) is 0.774. The van der Waals surface area contributed by atoms with Gasteiger partial charge in [-0.1, -0.05) is 54.6 Å². The predicted octanol–water partition coefficient (Wildman–Crippen LogP) is 4.05. The molecular weight excluding hydrogens is 350 g/mol. The summed E-state index contributed by atoms with van der Waals surface area (Å²) in [5, 5.41) is 7.72. The van der Waals surface area contributed by atoms with E-state index in [9.17, 15) is 4.79 Å². The number of aromatic amines is 1. The van der Waals surface area contributed by atoms with Crippen LogP contribution in [0.1, 0.15) is 25.1 Å². The lowest BCUT2D eigenvalue weighted by molar-refractivity contribution is -0.152. The number of rotatable bonds is 4.